The molecule has 4 aromatic rings. The zero-order valence-corrected chi connectivity index (χ0v) is 16.8. The molecule has 2 aromatic carbocycles. The molecule has 0 aliphatic carbocycles. The third-order valence-electron chi connectivity index (χ3n) is 4.94. The lowest BCUT2D eigenvalue weighted by Gasteiger charge is -2.17. The van der Waals surface area contributed by atoms with Crippen LogP contribution in [0.15, 0.2) is 64.2 Å². The molecule has 0 bridgehead atoms. The lowest BCUT2D eigenvalue weighted by atomic mass is 10.1. The third-order valence-corrected chi connectivity index (χ3v) is 5.31. The van der Waals surface area contributed by atoms with Crippen molar-refractivity contribution in [2.75, 3.05) is 5.32 Å². The fourth-order valence-electron chi connectivity index (χ4n) is 3.31. The van der Waals surface area contributed by atoms with Gasteiger partial charge in [0.05, 0.1) is 12.6 Å². The molecule has 0 saturated carbocycles. The molecule has 1 atom stereocenters. The van der Waals surface area contributed by atoms with E-state index in [0.29, 0.717) is 28.7 Å². The Morgan fingerprint density at radius 1 is 1.10 bits per heavy atom. The Labute approximate surface area is 171 Å². The maximum Gasteiger partial charge on any atom is 0.329 e. The number of aromatic nitrogens is 4. The summed E-state index contributed by atoms with van der Waals surface area (Å²) < 4.78 is 3.09. The van der Waals surface area contributed by atoms with Crippen LogP contribution in [0.2, 0.25) is 5.02 Å². The van der Waals surface area contributed by atoms with Crippen molar-refractivity contribution in [3.8, 4) is 0 Å². The second-order valence-electron chi connectivity index (χ2n) is 6.88. The van der Waals surface area contributed by atoms with Crippen LogP contribution in [0, 0.1) is 0 Å². The number of rotatable bonds is 5. The van der Waals surface area contributed by atoms with Crippen LogP contribution in [0.3, 0.4) is 0 Å². The summed E-state index contributed by atoms with van der Waals surface area (Å²) in [5, 5.41) is 3.97. The average Bonchev–Trinajstić information content (AvgIpc) is 3.07. The third kappa shape index (κ3) is 3.56. The number of aromatic amines is 1. The Bertz CT molecular complexity index is 1290. The van der Waals surface area contributed by atoms with Crippen LogP contribution in [0.5, 0.6) is 0 Å². The monoisotopic (exact) mass is 409 g/mol. The Morgan fingerprint density at radius 3 is 2.52 bits per heavy atom. The maximum absolute atomic E-state index is 12.6. The molecular weight excluding hydrogens is 390 g/mol. The molecule has 0 unspecified atom stereocenters. The highest BCUT2D eigenvalue weighted by atomic mass is 35.5. The fourth-order valence-corrected chi connectivity index (χ4v) is 3.51. The first kappa shape index (κ1) is 19.0. The summed E-state index contributed by atoms with van der Waals surface area (Å²) in [6, 6.07) is 17.3. The SMILES string of the molecule is C[C@@H](Nc1nc2c(c(=O)[nH]c(=O)n2C)n1Cc1ccccc1Cl)c1ccccc1. The van der Waals surface area contributed by atoms with Gasteiger partial charge in [0, 0.05) is 12.1 Å². The van der Waals surface area contributed by atoms with E-state index in [9.17, 15) is 9.59 Å². The number of nitrogens with one attached hydrogen (secondary N) is 2. The van der Waals surface area contributed by atoms with Crippen molar-refractivity contribution >= 4 is 28.7 Å². The Kier molecular flexibility index (Phi) is 4.98. The minimum atomic E-state index is -0.507. The van der Waals surface area contributed by atoms with E-state index in [0.717, 1.165) is 11.1 Å². The van der Waals surface area contributed by atoms with Crippen LogP contribution < -0.4 is 16.6 Å². The van der Waals surface area contributed by atoms with Crippen molar-refractivity contribution in [1.29, 1.82) is 0 Å². The Hall–Kier alpha value is -3.32. The number of anilines is 1. The summed E-state index contributed by atoms with van der Waals surface area (Å²) in [7, 11) is 1.58. The van der Waals surface area contributed by atoms with Crippen LogP contribution >= 0.6 is 11.6 Å². The van der Waals surface area contributed by atoms with Gasteiger partial charge in [-0.15, -0.1) is 0 Å². The highest BCUT2D eigenvalue weighted by Gasteiger charge is 2.19. The number of halogens is 1. The molecule has 4 rings (SSSR count). The average molecular weight is 410 g/mol. The van der Waals surface area contributed by atoms with Gasteiger partial charge < -0.3 is 5.32 Å². The van der Waals surface area contributed by atoms with Gasteiger partial charge in [-0.3, -0.25) is 18.9 Å². The van der Waals surface area contributed by atoms with Crippen LogP contribution in [-0.2, 0) is 13.6 Å². The van der Waals surface area contributed by atoms with Crippen molar-refractivity contribution in [3.05, 3.63) is 91.6 Å². The number of H-pyrrole nitrogens is 1. The van der Waals surface area contributed by atoms with Crippen molar-refractivity contribution < 1.29 is 0 Å². The van der Waals surface area contributed by atoms with Gasteiger partial charge >= 0.3 is 5.69 Å². The van der Waals surface area contributed by atoms with E-state index in [1.165, 1.54) is 4.57 Å². The summed E-state index contributed by atoms with van der Waals surface area (Å²) in [5.41, 5.74) is 1.56. The molecule has 0 fully saturated rings. The van der Waals surface area contributed by atoms with Crippen LogP contribution in [0.25, 0.3) is 11.2 Å². The summed E-state index contributed by atoms with van der Waals surface area (Å²) in [6.45, 7) is 2.35. The predicted molar refractivity (Wildman–Crippen MR) is 115 cm³/mol. The topological polar surface area (TPSA) is 84.7 Å². The van der Waals surface area contributed by atoms with Crippen molar-refractivity contribution in [2.24, 2.45) is 7.05 Å². The first-order chi connectivity index (χ1) is 14.0. The van der Waals surface area contributed by atoms with Crippen molar-refractivity contribution in [1.82, 2.24) is 19.1 Å². The highest BCUT2D eigenvalue weighted by Crippen LogP contribution is 2.24. The normalized spacial score (nSPS) is 12.2. The molecule has 0 radical (unpaired) electrons. The maximum atomic E-state index is 12.6. The molecular formula is C21H20ClN5O2. The molecule has 8 heteroatoms. The van der Waals surface area contributed by atoms with Gasteiger partial charge in [-0.25, -0.2) is 4.79 Å². The Balaban J connectivity index is 1.87. The molecule has 29 heavy (non-hydrogen) atoms. The molecule has 2 heterocycles. The van der Waals surface area contributed by atoms with E-state index >= 15 is 0 Å². The van der Waals surface area contributed by atoms with Crippen molar-refractivity contribution in [3.63, 3.8) is 0 Å². The first-order valence-corrected chi connectivity index (χ1v) is 9.58. The minimum absolute atomic E-state index is 0.0610. The highest BCUT2D eigenvalue weighted by molar-refractivity contribution is 6.31. The molecule has 0 spiro atoms. The van der Waals surface area contributed by atoms with E-state index in [1.807, 2.05) is 55.5 Å². The number of benzene rings is 2. The van der Waals surface area contributed by atoms with E-state index in [2.05, 4.69) is 15.3 Å². The standard InChI is InChI=1S/C21H20ClN5O2/c1-13(14-8-4-3-5-9-14)23-20-24-18-17(19(28)25-21(29)26(18)2)27(20)12-15-10-6-7-11-16(15)22/h3-11,13H,12H2,1-2H3,(H,23,24)(H,25,28,29)/t13-/m1/s1. The van der Waals surface area contributed by atoms with E-state index in [4.69, 9.17) is 11.6 Å². The van der Waals surface area contributed by atoms with E-state index in [1.54, 1.807) is 17.7 Å². The largest absolute Gasteiger partial charge is 0.349 e. The number of nitrogens with zero attached hydrogens (tertiary/aromatic N) is 3. The van der Waals surface area contributed by atoms with Crippen LogP contribution in [0.4, 0.5) is 5.95 Å². The predicted octanol–water partition coefficient (Wildman–Crippen LogP) is 3.30. The number of aryl methyl sites for hydroxylation is 1. The van der Waals surface area contributed by atoms with Gasteiger partial charge in [0.2, 0.25) is 5.95 Å². The van der Waals surface area contributed by atoms with Gasteiger partial charge in [-0.05, 0) is 24.1 Å². The van der Waals surface area contributed by atoms with Gasteiger partial charge in [-0.1, -0.05) is 60.1 Å². The zero-order chi connectivity index (χ0) is 20.5. The summed E-state index contributed by atoms with van der Waals surface area (Å²) >= 11 is 6.35. The molecule has 2 N–H and O–H groups in total. The fraction of sp³-hybridized carbons (Fsp3) is 0.190. The second kappa shape index (κ2) is 7.60. The first-order valence-electron chi connectivity index (χ1n) is 9.20. The summed E-state index contributed by atoms with van der Waals surface area (Å²) in [6.07, 6.45) is 0. The number of imidazole rings is 1. The minimum Gasteiger partial charge on any atom is -0.349 e. The van der Waals surface area contributed by atoms with Gasteiger partial charge in [0.15, 0.2) is 11.2 Å². The van der Waals surface area contributed by atoms with E-state index < -0.39 is 11.2 Å². The van der Waals surface area contributed by atoms with Crippen LogP contribution in [0.1, 0.15) is 24.1 Å². The second-order valence-corrected chi connectivity index (χ2v) is 7.29. The molecule has 2 aromatic heterocycles. The quantitative estimate of drug-likeness (QED) is 0.529. The molecule has 148 valence electrons. The molecule has 0 amide bonds. The van der Waals surface area contributed by atoms with Gasteiger partial charge in [-0.2, -0.15) is 4.98 Å². The van der Waals surface area contributed by atoms with Gasteiger partial charge in [0.25, 0.3) is 5.56 Å². The lowest BCUT2D eigenvalue weighted by molar-refractivity contribution is 0.782. The molecule has 0 aliphatic rings. The number of hydrogen-bond acceptors (Lipinski definition) is 4. The van der Waals surface area contributed by atoms with Crippen molar-refractivity contribution in [2.45, 2.75) is 19.5 Å². The smallest absolute Gasteiger partial charge is 0.329 e. The summed E-state index contributed by atoms with van der Waals surface area (Å²) in [5.74, 6) is 0.489. The molecule has 0 aliphatic heterocycles. The lowest BCUT2D eigenvalue weighted by Crippen LogP contribution is -2.29. The van der Waals surface area contributed by atoms with Gasteiger partial charge in [0.1, 0.15) is 0 Å². The zero-order valence-electron chi connectivity index (χ0n) is 16.0. The molecule has 0 saturated heterocycles. The van der Waals surface area contributed by atoms with Crippen LogP contribution in [-0.4, -0.2) is 19.1 Å². The summed E-state index contributed by atoms with van der Waals surface area (Å²) in [4.78, 5) is 31.6. The van der Waals surface area contributed by atoms with E-state index in [-0.39, 0.29) is 6.04 Å². The Morgan fingerprint density at radius 2 is 1.79 bits per heavy atom. The number of fused-ring (bicyclic) bond motifs is 1. The molecule has 7 nitrogen and oxygen atoms in total. The number of hydrogen-bond donors (Lipinski definition) is 2.